The molecule has 1 N–H and O–H groups in total. The summed E-state index contributed by atoms with van der Waals surface area (Å²) in [6.45, 7) is 9.88. The molecule has 0 saturated heterocycles. The Morgan fingerprint density at radius 3 is 2.55 bits per heavy atom. The molecule has 0 amide bonds. The van der Waals surface area contributed by atoms with Crippen molar-refractivity contribution in [2.75, 3.05) is 32.1 Å². The molecule has 0 bridgehead atoms. The number of methoxy groups -OCH3 is 1. The molecule has 7 heteroatoms. The number of aromatic nitrogens is 2. The third-order valence-corrected chi connectivity index (χ3v) is 6.25. The van der Waals surface area contributed by atoms with Crippen LogP contribution >= 0.6 is 23.2 Å². The van der Waals surface area contributed by atoms with Gasteiger partial charge in [0.1, 0.15) is 11.6 Å². The molecule has 0 aliphatic rings. The molecule has 1 aromatic heterocycles. The summed E-state index contributed by atoms with van der Waals surface area (Å²) in [5, 5.41) is 5.73. The minimum atomic E-state index is 0.271. The molecule has 33 heavy (non-hydrogen) atoms. The molecule has 0 spiro atoms. The number of anilines is 1. The molecule has 1 atom stereocenters. The highest BCUT2D eigenvalue weighted by molar-refractivity contribution is 6.35. The van der Waals surface area contributed by atoms with Crippen LogP contribution in [0, 0.1) is 0 Å². The quantitative estimate of drug-likeness (QED) is 0.314. The number of rotatable bonds is 11. The Morgan fingerprint density at radius 1 is 1.06 bits per heavy atom. The lowest BCUT2D eigenvalue weighted by Crippen LogP contribution is -2.25. The van der Waals surface area contributed by atoms with E-state index in [0.717, 1.165) is 60.5 Å². The van der Waals surface area contributed by atoms with Crippen molar-refractivity contribution in [1.82, 2.24) is 14.9 Å². The largest absolute Gasteiger partial charge is 0.497 e. The molecular weight excluding hydrogens is 455 g/mol. The van der Waals surface area contributed by atoms with Gasteiger partial charge in [0, 0.05) is 21.5 Å². The first-order valence-corrected chi connectivity index (χ1v) is 12.2. The fourth-order valence-corrected chi connectivity index (χ4v) is 4.18. The second-order valence-electron chi connectivity index (χ2n) is 8.03. The van der Waals surface area contributed by atoms with E-state index in [4.69, 9.17) is 37.9 Å². The molecule has 176 valence electrons. The van der Waals surface area contributed by atoms with Crippen LogP contribution in [-0.4, -0.2) is 47.7 Å². The third kappa shape index (κ3) is 7.07. The molecule has 1 heterocycles. The lowest BCUT2D eigenvalue weighted by atomic mass is 10.1. The van der Waals surface area contributed by atoms with E-state index < -0.39 is 0 Å². The average molecular weight is 487 g/mol. The van der Waals surface area contributed by atoms with Crippen molar-refractivity contribution in [3.63, 3.8) is 0 Å². The summed E-state index contributed by atoms with van der Waals surface area (Å²) < 4.78 is 5.43. The number of fused-ring (bicyclic) bond motifs is 1. The first-order chi connectivity index (χ1) is 15.9. The van der Waals surface area contributed by atoms with Gasteiger partial charge >= 0.3 is 0 Å². The zero-order chi connectivity index (χ0) is 23.8. The number of halogens is 2. The van der Waals surface area contributed by atoms with Crippen LogP contribution < -0.4 is 10.1 Å². The molecule has 0 aliphatic heterocycles. The Kier molecular flexibility index (Phi) is 9.36. The van der Waals surface area contributed by atoms with Gasteiger partial charge < -0.3 is 15.0 Å². The summed E-state index contributed by atoms with van der Waals surface area (Å²) in [6.07, 6.45) is 5.96. The molecule has 2 aromatic carbocycles. The monoisotopic (exact) mass is 486 g/mol. The lowest BCUT2D eigenvalue weighted by Gasteiger charge is -2.20. The van der Waals surface area contributed by atoms with E-state index >= 15 is 0 Å². The van der Waals surface area contributed by atoms with Crippen LogP contribution in [-0.2, 0) is 0 Å². The van der Waals surface area contributed by atoms with Gasteiger partial charge in [-0.3, -0.25) is 0 Å². The Morgan fingerprint density at radius 2 is 1.85 bits per heavy atom. The summed E-state index contributed by atoms with van der Waals surface area (Å²) in [4.78, 5) is 12.0. The van der Waals surface area contributed by atoms with Crippen LogP contribution in [0.3, 0.4) is 0 Å². The molecule has 0 saturated carbocycles. The third-order valence-electron chi connectivity index (χ3n) is 5.68. The van der Waals surface area contributed by atoms with Gasteiger partial charge in [-0.25, -0.2) is 9.97 Å². The molecule has 3 aromatic rings. The zero-order valence-electron chi connectivity index (χ0n) is 19.7. The Bertz CT molecular complexity index is 1100. The van der Waals surface area contributed by atoms with Gasteiger partial charge in [0.2, 0.25) is 0 Å². The van der Waals surface area contributed by atoms with Crippen molar-refractivity contribution in [3.05, 3.63) is 57.8 Å². The Labute approximate surface area is 206 Å². The van der Waals surface area contributed by atoms with Crippen molar-refractivity contribution in [2.45, 2.75) is 39.7 Å². The summed E-state index contributed by atoms with van der Waals surface area (Å²) in [5.41, 5.74) is 1.71. The smallest absolute Gasteiger partial charge is 0.154 e. The van der Waals surface area contributed by atoms with Gasteiger partial charge in [-0.15, -0.1) is 0 Å². The van der Waals surface area contributed by atoms with E-state index in [2.05, 4.69) is 31.0 Å². The van der Waals surface area contributed by atoms with Crippen LogP contribution in [0.2, 0.25) is 10.0 Å². The second kappa shape index (κ2) is 12.2. The van der Waals surface area contributed by atoms with E-state index in [1.165, 1.54) is 0 Å². The maximum absolute atomic E-state index is 6.31. The number of hydrogen-bond acceptors (Lipinski definition) is 5. The van der Waals surface area contributed by atoms with Crippen molar-refractivity contribution in [1.29, 1.82) is 0 Å². The fraction of sp³-hybridized carbons (Fsp3) is 0.385. The van der Waals surface area contributed by atoms with Crippen LogP contribution in [0.15, 0.2) is 36.4 Å². The SMILES string of the molecule is CCN(CC)CCCC(C)Nc1nc(C=Cc2ccc(Cl)cc2Cl)nc2ccc(OC)cc12. The molecule has 3 rings (SSSR count). The number of hydrogen-bond donors (Lipinski definition) is 1. The van der Waals surface area contributed by atoms with Crippen molar-refractivity contribution < 1.29 is 4.74 Å². The highest BCUT2D eigenvalue weighted by atomic mass is 35.5. The highest BCUT2D eigenvalue weighted by Crippen LogP contribution is 2.27. The highest BCUT2D eigenvalue weighted by Gasteiger charge is 2.12. The fourth-order valence-electron chi connectivity index (χ4n) is 3.70. The predicted octanol–water partition coefficient (Wildman–Crippen LogP) is 7.04. The molecule has 5 nitrogen and oxygen atoms in total. The molecular formula is C26H32Cl2N4O. The number of ether oxygens (including phenoxy) is 1. The first kappa shape index (κ1) is 25.3. The molecule has 0 aliphatic carbocycles. The van der Waals surface area contributed by atoms with Gasteiger partial charge in [0.25, 0.3) is 0 Å². The minimum Gasteiger partial charge on any atom is -0.497 e. The average Bonchev–Trinajstić information content (AvgIpc) is 2.81. The normalized spacial score (nSPS) is 12.6. The predicted molar refractivity (Wildman–Crippen MR) is 142 cm³/mol. The van der Waals surface area contributed by atoms with Crippen molar-refractivity contribution in [3.8, 4) is 5.75 Å². The van der Waals surface area contributed by atoms with Gasteiger partial charge in [-0.05, 0) is 87.4 Å². The number of nitrogens with zero attached hydrogens (tertiary/aromatic N) is 3. The second-order valence-corrected chi connectivity index (χ2v) is 8.87. The standard InChI is InChI=1S/C26H32Cl2N4O/c1-5-32(6-2)15-7-8-18(3)29-26-22-17-21(33-4)12-13-24(22)30-25(31-26)14-10-19-9-11-20(27)16-23(19)28/h9-14,16-18H,5-8,15H2,1-4H3,(H,29,30,31). The molecule has 0 fully saturated rings. The van der Waals surface area contributed by atoms with E-state index in [1.807, 2.05) is 42.5 Å². The zero-order valence-corrected chi connectivity index (χ0v) is 21.2. The van der Waals surface area contributed by atoms with Gasteiger partial charge in [-0.1, -0.05) is 43.1 Å². The molecule has 0 radical (unpaired) electrons. The summed E-state index contributed by atoms with van der Waals surface area (Å²) in [7, 11) is 1.66. The molecule has 1 unspecified atom stereocenters. The summed E-state index contributed by atoms with van der Waals surface area (Å²) >= 11 is 12.3. The van der Waals surface area contributed by atoms with Crippen LogP contribution in [0.4, 0.5) is 5.82 Å². The Hall–Kier alpha value is -2.34. The number of benzene rings is 2. The maximum Gasteiger partial charge on any atom is 0.154 e. The van der Waals surface area contributed by atoms with Gasteiger partial charge in [0.05, 0.1) is 12.6 Å². The van der Waals surface area contributed by atoms with E-state index in [-0.39, 0.29) is 6.04 Å². The summed E-state index contributed by atoms with van der Waals surface area (Å²) in [6, 6.07) is 11.5. The minimum absolute atomic E-state index is 0.271. The van der Waals surface area contributed by atoms with Crippen LogP contribution in [0.25, 0.3) is 23.1 Å². The topological polar surface area (TPSA) is 50.3 Å². The first-order valence-electron chi connectivity index (χ1n) is 11.4. The summed E-state index contributed by atoms with van der Waals surface area (Å²) in [5.74, 6) is 2.19. The van der Waals surface area contributed by atoms with Crippen LogP contribution in [0.1, 0.15) is 45.0 Å². The van der Waals surface area contributed by atoms with Gasteiger partial charge in [-0.2, -0.15) is 0 Å². The maximum atomic E-state index is 6.31. The number of nitrogens with one attached hydrogen (secondary N) is 1. The van der Waals surface area contributed by atoms with Gasteiger partial charge in [0.15, 0.2) is 5.82 Å². The Balaban J connectivity index is 1.85. The van der Waals surface area contributed by atoms with Crippen molar-refractivity contribution in [2.24, 2.45) is 0 Å². The van der Waals surface area contributed by atoms with E-state index in [9.17, 15) is 0 Å². The van der Waals surface area contributed by atoms with E-state index in [0.29, 0.717) is 15.9 Å². The lowest BCUT2D eigenvalue weighted by molar-refractivity contribution is 0.295. The van der Waals surface area contributed by atoms with E-state index in [1.54, 1.807) is 13.2 Å². The van der Waals surface area contributed by atoms with Crippen LogP contribution in [0.5, 0.6) is 5.75 Å². The van der Waals surface area contributed by atoms with Crippen molar-refractivity contribution >= 4 is 52.1 Å².